The average molecular weight is 397 g/mol. The molecule has 0 radical (unpaired) electrons. The van der Waals surface area contributed by atoms with E-state index in [0.717, 1.165) is 44.7 Å². The number of hydrogen-bond acceptors (Lipinski definition) is 6. The fraction of sp³-hybridized carbons (Fsp3) is 0.533. The van der Waals surface area contributed by atoms with Crippen molar-refractivity contribution < 1.29 is 27.1 Å². The maximum atomic E-state index is 13.4. The van der Waals surface area contributed by atoms with Gasteiger partial charge in [0, 0.05) is 13.7 Å². The molecule has 0 bridgehead atoms. The van der Waals surface area contributed by atoms with E-state index >= 15 is 0 Å². The molecule has 1 unspecified atom stereocenters. The lowest BCUT2D eigenvalue weighted by Gasteiger charge is -2.29. The molecule has 0 amide bonds. The molecule has 1 aromatic rings. The molecule has 0 aromatic heterocycles. The minimum atomic E-state index is -4.02. The van der Waals surface area contributed by atoms with Gasteiger partial charge in [-0.3, -0.25) is 0 Å². The summed E-state index contributed by atoms with van der Waals surface area (Å²) in [4.78, 5) is 11.4. The molecule has 10 heteroatoms. The SMILES string of the molecule is COCC1(CNS(=O)(=O)c2ccc(F)cc2C(=O)OC)CCCN1.Cl. The first-order valence-corrected chi connectivity index (χ1v) is 8.93. The van der Waals surface area contributed by atoms with Crippen LogP contribution in [0.5, 0.6) is 0 Å². The standard InChI is InChI=1S/C15H21FN2O5S.ClH/c1-22-10-15(6-3-7-17-15)9-18-24(20,21)13-5-4-11(16)8-12(13)14(19)23-2;/h4-5,8,17-18H,3,6-7,9-10H2,1-2H3;1H. The van der Waals surface area contributed by atoms with Gasteiger partial charge >= 0.3 is 5.97 Å². The number of ether oxygens (including phenoxy) is 2. The molecular weight excluding hydrogens is 375 g/mol. The number of carbonyl (C=O) groups excluding carboxylic acids is 1. The van der Waals surface area contributed by atoms with E-state index in [1.807, 2.05) is 0 Å². The fourth-order valence-electron chi connectivity index (χ4n) is 2.79. The zero-order valence-corrected chi connectivity index (χ0v) is 15.6. The van der Waals surface area contributed by atoms with Crippen LogP contribution in [-0.2, 0) is 19.5 Å². The Balaban J connectivity index is 0.00000312. The van der Waals surface area contributed by atoms with Crippen molar-refractivity contribution in [1.82, 2.24) is 10.0 Å². The van der Waals surface area contributed by atoms with Crippen molar-refractivity contribution in [3.8, 4) is 0 Å². The van der Waals surface area contributed by atoms with E-state index in [-0.39, 0.29) is 29.4 Å². The van der Waals surface area contributed by atoms with Crippen LogP contribution in [0.4, 0.5) is 4.39 Å². The second-order valence-corrected chi connectivity index (χ2v) is 7.44. The van der Waals surface area contributed by atoms with Crippen LogP contribution >= 0.6 is 12.4 Å². The van der Waals surface area contributed by atoms with E-state index < -0.39 is 27.3 Å². The lowest BCUT2D eigenvalue weighted by atomic mass is 9.99. The van der Waals surface area contributed by atoms with Gasteiger partial charge in [0.2, 0.25) is 10.0 Å². The molecule has 2 N–H and O–H groups in total. The molecule has 1 aliphatic heterocycles. The van der Waals surface area contributed by atoms with Gasteiger partial charge < -0.3 is 14.8 Å². The number of nitrogens with one attached hydrogen (secondary N) is 2. The fourth-order valence-corrected chi connectivity index (χ4v) is 4.09. The Morgan fingerprint density at radius 2 is 2.12 bits per heavy atom. The Morgan fingerprint density at radius 3 is 2.68 bits per heavy atom. The molecule has 0 saturated carbocycles. The highest BCUT2D eigenvalue weighted by Crippen LogP contribution is 2.22. The summed E-state index contributed by atoms with van der Waals surface area (Å²) >= 11 is 0. The first-order valence-electron chi connectivity index (χ1n) is 7.45. The Hall–Kier alpha value is -1.26. The van der Waals surface area contributed by atoms with Crippen molar-refractivity contribution in [3.05, 3.63) is 29.6 Å². The van der Waals surface area contributed by atoms with Crippen LogP contribution in [0, 0.1) is 5.82 Å². The number of hydrogen-bond donors (Lipinski definition) is 2. The molecule has 142 valence electrons. The largest absolute Gasteiger partial charge is 0.465 e. The molecule has 7 nitrogen and oxygen atoms in total. The summed E-state index contributed by atoms with van der Waals surface area (Å²) < 4.78 is 50.7. The van der Waals surface area contributed by atoms with Gasteiger partial charge in [0.05, 0.1) is 29.7 Å². The average Bonchev–Trinajstić information content (AvgIpc) is 3.01. The zero-order chi connectivity index (χ0) is 17.8. The topological polar surface area (TPSA) is 93.7 Å². The Kier molecular flexibility index (Phi) is 7.76. The van der Waals surface area contributed by atoms with Crippen molar-refractivity contribution in [2.45, 2.75) is 23.3 Å². The van der Waals surface area contributed by atoms with Crippen LogP contribution in [0.2, 0.25) is 0 Å². The van der Waals surface area contributed by atoms with E-state index in [4.69, 9.17) is 4.74 Å². The molecule has 1 saturated heterocycles. The lowest BCUT2D eigenvalue weighted by Crippen LogP contribution is -2.53. The smallest absolute Gasteiger partial charge is 0.339 e. The van der Waals surface area contributed by atoms with Gasteiger partial charge in [-0.15, -0.1) is 12.4 Å². The van der Waals surface area contributed by atoms with Crippen molar-refractivity contribution >= 4 is 28.4 Å². The van der Waals surface area contributed by atoms with E-state index in [9.17, 15) is 17.6 Å². The summed E-state index contributed by atoms with van der Waals surface area (Å²) in [6, 6.07) is 2.88. The van der Waals surface area contributed by atoms with Crippen molar-refractivity contribution in [3.63, 3.8) is 0 Å². The van der Waals surface area contributed by atoms with Crippen LogP contribution in [0.15, 0.2) is 23.1 Å². The van der Waals surface area contributed by atoms with Crippen LogP contribution in [0.1, 0.15) is 23.2 Å². The van der Waals surface area contributed by atoms with Gasteiger partial charge in [-0.1, -0.05) is 0 Å². The van der Waals surface area contributed by atoms with Crippen molar-refractivity contribution in [2.24, 2.45) is 0 Å². The summed E-state index contributed by atoms with van der Waals surface area (Å²) in [5, 5.41) is 3.25. The maximum absolute atomic E-state index is 13.4. The summed E-state index contributed by atoms with van der Waals surface area (Å²) in [5.74, 6) is -1.64. The van der Waals surface area contributed by atoms with E-state index in [2.05, 4.69) is 14.8 Å². The predicted molar refractivity (Wildman–Crippen MR) is 92.0 cm³/mol. The van der Waals surface area contributed by atoms with Crippen LogP contribution in [0.3, 0.4) is 0 Å². The van der Waals surface area contributed by atoms with Gasteiger partial charge in [-0.2, -0.15) is 0 Å². The molecule has 1 atom stereocenters. The third kappa shape index (κ3) is 5.11. The van der Waals surface area contributed by atoms with E-state index in [1.165, 1.54) is 0 Å². The number of esters is 1. The number of sulfonamides is 1. The first kappa shape index (κ1) is 21.8. The summed E-state index contributed by atoms with van der Waals surface area (Å²) in [6.45, 7) is 1.22. The van der Waals surface area contributed by atoms with Gasteiger partial charge in [-0.05, 0) is 37.6 Å². The lowest BCUT2D eigenvalue weighted by molar-refractivity contribution is 0.0595. The third-order valence-electron chi connectivity index (χ3n) is 3.99. The highest BCUT2D eigenvalue weighted by Gasteiger charge is 2.35. The van der Waals surface area contributed by atoms with E-state index in [0.29, 0.717) is 6.61 Å². The number of methoxy groups -OCH3 is 2. The monoisotopic (exact) mass is 396 g/mol. The molecule has 0 aliphatic carbocycles. The van der Waals surface area contributed by atoms with Gasteiger partial charge in [-0.25, -0.2) is 22.3 Å². The molecular formula is C15H22ClFN2O5S. The predicted octanol–water partition coefficient (Wildman–Crippen LogP) is 1.08. The Bertz CT molecular complexity index is 708. The number of rotatable bonds is 7. The molecule has 1 fully saturated rings. The maximum Gasteiger partial charge on any atom is 0.339 e. The van der Waals surface area contributed by atoms with Crippen molar-refractivity contribution in [1.29, 1.82) is 0 Å². The van der Waals surface area contributed by atoms with Crippen molar-refractivity contribution in [2.75, 3.05) is 33.9 Å². The number of benzene rings is 1. The van der Waals surface area contributed by atoms with Crippen LogP contribution in [-0.4, -0.2) is 53.8 Å². The molecule has 1 heterocycles. The Labute approximate surface area is 152 Å². The van der Waals surface area contributed by atoms with Gasteiger partial charge in [0.15, 0.2) is 0 Å². The summed E-state index contributed by atoms with van der Waals surface area (Å²) in [6.07, 6.45) is 1.67. The van der Waals surface area contributed by atoms with Crippen LogP contribution < -0.4 is 10.0 Å². The zero-order valence-electron chi connectivity index (χ0n) is 14.0. The van der Waals surface area contributed by atoms with Crippen LogP contribution in [0.25, 0.3) is 0 Å². The summed E-state index contributed by atoms with van der Waals surface area (Å²) in [5.41, 5.74) is -0.835. The number of carbonyl (C=O) groups is 1. The highest BCUT2D eigenvalue weighted by molar-refractivity contribution is 7.89. The third-order valence-corrected chi connectivity index (χ3v) is 5.45. The molecule has 0 spiro atoms. The quantitative estimate of drug-likeness (QED) is 0.670. The van der Waals surface area contributed by atoms with Gasteiger partial charge in [0.1, 0.15) is 5.82 Å². The van der Waals surface area contributed by atoms with Gasteiger partial charge in [0.25, 0.3) is 0 Å². The highest BCUT2D eigenvalue weighted by atomic mass is 35.5. The normalized spacial score (nSPS) is 20.1. The first-order chi connectivity index (χ1) is 11.3. The summed E-state index contributed by atoms with van der Waals surface area (Å²) in [7, 11) is -1.37. The molecule has 1 aromatic carbocycles. The van der Waals surface area contributed by atoms with E-state index in [1.54, 1.807) is 7.11 Å². The second kappa shape index (κ2) is 8.91. The Morgan fingerprint density at radius 1 is 1.40 bits per heavy atom. The number of halogens is 2. The molecule has 25 heavy (non-hydrogen) atoms. The second-order valence-electron chi connectivity index (χ2n) is 5.70. The molecule has 1 aliphatic rings. The minimum absolute atomic E-state index is 0. The minimum Gasteiger partial charge on any atom is -0.465 e. The molecule has 2 rings (SSSR count).